The molecule has 0 radical (unpaired) electrons. The molecule has 0 aromatic carbocycles. The minimum Gasteiger partial charge on any atom is -0.392 e. The minimum atomic E-state index is -0.688. The number of rotatable bonds is 8. The molecule has 0 saturated heterocycles. The Balaban J connectivity index is 3.16. The number of ketones is 1. The van der Waals surface area contributed by atoms with E-state index in [9.17, 15) is 9.90 Å². The van der Waals surface area contributed by atoms with E-state index < -0.39 is 11.5 Å². The van der Waals surface area contributed by atoms with E-state index in [0.717, 1.165) is 24.8 Å². The zero-order chi connectivity index (χ0) is 19.9. The largest absolute Gasteiger partial charge is 0.392 e. The number of hydrogen-bond acceptors (Lipinski definition) is 2. The Morgan fingerprint density at radius 1 is 1.12 bits per heavy atom. The molecule has 2 nitrogen and oxygen atoms in total. The summed E-state index contributed by atoms with van der Waals surface area (Å²) in [6, 6.07) is 0. The van der Waals surface area contributed by atoms with Gasteiger partial charge in [0.25, 0.3) is 0 Å². The van der Waals surface area contributed by atoms with E-state index in [1.54, 1.807) is 6.08 Å². The summed E-state index contributed by atoms with van der Waals surface area (Å²) < 4.78 is 0. The molecule has 0 aromatic rings. The second-order valence-corrected chi connectivity index (χ2v) is 8.69. The highest BCUT2D eigenvalue weighted by Gasteiger charge is 2.46. The van der Waals surface area contributed by atoms with Crippen LogP contribution in [0.25, 0.3) is 0 Å². The molecule has 0 amide bonds. The van der Waals surface area contributed by atoms with Crippen molar-refractivity contribution in [3.63, 3.8) is 0 Å². The molecule has 0 heterocycles. The highest BCUT2D eigenvalue weighted by atomic mass is 16.3. The Kier molecular flexibility index (Phi) is 8.76. The first kappa shape index (κ1) is 22.6. The van der Waals surface area contributed by atoms with E-state index >= 15 is 0 Å². The summed E-state index contributed by atoms with van der Waals surface area (Å²) in [7, 11) is 0. The molecule has 146 valence electrons. The molecule has 0 saturated carbocycles. The normalized spacial score (nSPS) is 23.8. The molecular formula is C24H38O2. The first-order valence-corrected chi connectivity index (χ1v) is 9.89. The van der Waals surface area contributed by atoms with Crippen LogP contribution in [0.1, 0.15) is 80.6 Å². The van der Waals surface area contributed by atoms with Crippen molar-refractivity contribution in [1.29, 1.82) is 0 Å². The average Bonchev–Trinajstić information content (AvgIpc) is 2.52. The quantitative estimate of drug-likeness (QED) is 0.515. The van der Waals surface area contributed by atoms with Crippen LogP contribution in [0.2, 0.25) is 0 Å². The van der Waals surface area contributed by atoms with Crippen molar-refractivity contribution in [1.82, 2.24) is 0 Å². The summed E-state index contributed by atoms with van der Waals surface area (Å²) >= 11 is 0. The predicted octanol–water partition coefficient (Wildman–Crippen LogP) is 6.33. The van der Waals surface area contributed by atoms with Crippen LogP contribution in [0, 0.1) is 11.3 Å². The molecular weight excluding hydrogens is 320 g/mol. The Bertz CT molecular complexity index is 606. The summed E-state index contributed by atoms with van der Waals surface area (Å²) in [6.45, 7) is 14.5. The van der Waals surface area contributed by atoms with Crippen LogP contribution >= 0.6 is 0 Å². The number of carbonyl (C=O) groups excluding carboxylic acids is 1. The third-order valence-corrected chi connectivity index (χ3v) is 5.42. The fourth-order valence-corrected chi connectivity index (χ4v) is 3.63. The third kappa shape index (κ3) is 6.39. The molecule has 0 aromatic heterocycles. The van der Waals surface area contributed by atoms with E-state index in [1.807, 2.05) is 0 Å². The Labute approximate surface area is 160 Å². The van der Waals surface area contributed by atoms with Crippen molar-refractivity contribution in [3.8, 4) is 0 Å². The number of carbonyl (C=O) groups is 1. The van der Waals surface area contributed by atoms with Gasteiger partial charge in [-0.3, -0.25) is 4.79 Å². The molecule has 3 atom stereocenters. The minimum absolute atomic E-state index is 0.102. The lowest BCUT2D eigenvalue weighted by molar-refractivity contribution is -0.133. The summed E-state index contributed by atoms with van der Waals surface area (Å²) in [4.78, 5) is 13.1. The molecule has 1 rings (SSSR count). The third-order valence-electron chi connectivity index (χ3n) is 5.42. The van der Waals surface area contributed by atoms with Gasteiger partial charge in [0.2, 0.25) is 0 Å². The molecule has 0 aliphatic heterocycles. The average molecular weight is 359 g/mol. The van der Waals surface area contributed by atoms with Crippen molar-refractivity contribution < 1.29 is 9.90 Å². The highest BCUT2D eigenvalue weighted by molar-refractivity contribution is 5.97. The first-order chi connectivity index (χ1) is 12.1. The smallest absolute Gasteiger partial charge is 0.164 e. The van der Waals surface area contributed by atoms with Gasteiger partial charge in [0.1, 0.15) is 0 Å². The molecule has 2 heteroatoms. The number of aliphatic hydroxyl groups is 1. The van der Waals surface area contributed by atoms with Gasteiger partial charge in [-0.15, -0.1) is 0 Å². The Hall–Kier alpha value is -1.41. The van der Waals surface area contributed by atoms with E-state index in [2.05, 4.69) is 66.7 Å². The van der Waals surface area contributed by atoms with Crippen LogP contribution in [0.5, 0.6) is 0 Å². The maximum Gasteiger partial charge on any atom is 0.164 e. The van der Waals surface area contributed by atoms with Gasteiger partial charge >= 0.3 is 0 Å². The van der Waals surface area contributed by atoms with Crippen molar-refractivity contribution in [2.75, 3.05) is 0 Å². The van der Waals surface area contributed by atoms with E-state index in [4.69, 9.17) is 0 Å². The molecule has 0 spiro atoms. The van der Waals surface area contributed by atoms with Crippen molar-refractivity contribution in [2.24, 2.45) is 11.3 Å². The van der Waals surface area contributed by atoms with E-state index in [1.165, 1.54) is 16.7 Å². The van der Waals surface area contributed by atoms with E-state index in [0.29, 0.717) is 18.8 Å². The van der Waals surface area contributed by atoms with Crippen LogP contribution in [-0.4, -0.2) is 17.0 Å². The molecule has 1 unspecified atom stereocenters. The topological polar surface area (TPSA) is 37.3 Å². The highest BCUT2D eigenvalue weighted by Crippen LogP contribution is 2.45. The fraction of sp³-hybridized carbons (Fsp3) is 0.625. The Morgan fingerprint density at radius 3 is 2.23 bits per heavy atom. The SMILES string of the molecule is CC(C)=CCCC(O)[C@@]1(CC=C(C)C)C[C@@H](CC=C(C)C)C(C)=CC1=O. The molecule has 0 bridgehead atoms. The van der Waals surface area contributed by atoms with Gasteiger partial charge < -0.3 is 5.11 Å². The van der Waals surface area contributed by atoms with Gasteiger partial charge in [-0.1, -0.05) is 40.5 Å². The lowest BCUT2D eigenvalue weighted by atomic mass is 9.63. The number of allylic oxidation sites excluding steroid dienone is 8. The standard InChI is InChI=1S/C24H38O2/c1-17(2)9-8-10-22(25)24(14-13-19(5)6)16-21(12-11-18(3)4)20(7)15-23(24)26/h9,11,13,15,21-22,25H,8,10,12,14,16H2,1-7H3/t21-,22?,24-/m1/s1. The molecule has 1 aliphatic carbocycles. The van der Waals surface area contributed by atoms with Crippen LogP contribution < -0.4 is 0 Å². The zero-order valence-corrected chi connectivity index (χ0v) is 17.9. The second kappa shape index (κ2) is 10.1. The monoisotopic (exact) mass is 358 g/mol. The molecule has 1 N–H and O–H groups in total. The second-order valence-electron chi connectivity index (χ2n) is 8.69. The van der Waals surface area contributed by atoms with Gasteiger partial charge in [-0.2, -0.15) is 0 Å². The maximum atomic E-state index is 13.1. The zero-order valence-electron chi connectivity index (χ0n) is 17.9. The van der Waals surface area contributed by atoms with Gasteiger partial charge in [0.05, 0.1) is 11.5 Å². The van der Waals surface area contributed by atoms with Crippen LogP contribution in [-0.2, 0) is 4.79 Å². The van der Waals surface area contributed by atoms with Crippen molar-refractivity contribution in [3.05, 3.63) is 46.6 Å². The lowest BCUT2D eigenvalue weighted by Gasteiger charge is -2.41. The lowest BCUT2D eigenvalue weighted by Crippen LogP contribution is -2.45. The van der Waals surface area contributed by atoms with Crippen molar-refractivity contribution in [2.45, 2.75) is 86.7 Å². The van der Waals surface area contributed by atoms with Gasteiger partial charge in [0, 0.05) is 0 Å². The van der Waals surface area contributed by atoms with Gasteiger partial charge in [-0.25, -0.2) is 0 Å². The van der Waals surface area contributed by atoms with Crippen LogP contribution in [0.15, 0.2) is 46.6 Å². The van der Waals surface area contributed by atoms with Crippen LogP contribution in [0.3, 0.4) is 0 Å². The maximum absolute atomic E-state index is 13.1. The Morgan fingerprint density at radius 2 is 1.69 bits per heavy atom. The van der Waals surface area contributed by atoms with Crippen molar-refractivity contribution >= 4 is 5.78 Å². The number of hydrogen-bond donors (Lipinski definition) is 1. The van der Waals surface area contributed by atoms with E-state index in [-0.39, 0.29) is 5.78 Å². The summed E-state index contributed by atoms with van der Waals surface area (Å²) in [5.74, 6) is 0.428. The van der Waals surface area contributed by atoms with Crippen LogP contribution in [0.4, 0.5) is 0 Å². The summed E-state index contributed by atoms with van der Waals surface area (Å²) in [5, 5.41) is 11.1. The fourth-order valence-electron chi connectivity index (χ4n) is 3.63. The number of aliphatic hydroxyl groups excluding tert-OH is 1. The molecule has 26 heavy (non-hydrogen) atoms. The van der Waals surface area contributed by atoms with Gasteiger partial charge in [-0.05, 0) is 92.6 Å². The first-order valence-electron chi connectivity index (χ1n) is 9.89. The predicted molar refractivity (Wildman–Crippen MR) is 112 cm³/mol. The summed E-state index contributed by atoms with van der Waals surface area (Å²) in [5.41, 5.74) is 4.21. The molecule has 1 aliphatic rings. The summed E-state index contributed by atoms with van der Waals surface area (Å²) in [6.07, 6.45) is 11.5. The molecule has 0 fully saturated rings. The van der Waals surface area contributed by atoms with Gasteiger partial charge in [0.15, 0.2) is 5.78 Å².